The van der Waals surface area contributed by atoms with Crippen molar-refractivity contribution in [3.8, 4) is 0 Å². The number of carbonyl (C=O) groups excluding carboxylic acids is 3. The summed E-state index contributed by atoms with van der Waals surface area (Å²) < 4.78 is 0. The summed E-state index contributed by atoms with van der Waals surface area (Å²) in [4.78, 5) is 64.1. The maximum absolute atomic E-state index is 13.9. The van der Waals surface area contributed by atoms with Crippen molar-refractivity contribution in [1.82, 2.24) is 30.5 Å². The molecule has 4 unspecified atom stereocenters. The number of nitrogens with one attached hydrogen (secondary N) is 4. The monoisotopic (exact) mass is 585 g/mol. The van der Waals surface area contributed by atoms with Crippen LogP contribution in [0.2, 0.25) is 0 Å². The third-order valence-corrected chi connectivity index (χ3v) is 7.78. The molecule has 4 atom stereocenters. The molecule has 3 amide bonds. The average Bonchev–Trinajstić information content (AvgIpc) is 3.78. The van der Waals surface area contributed by atoms with Gasteiger partial charge in [-0.05, 0) is 36.5 Å². The van der Waals surface area contributed by atoms with Gasteiger partial charge in [0, 0.05) is 48.4 Å². The van der Waals surface area contributed by atoms with Crippen molar-refractivity contribution in [2.45, 2.75) is 56.3 Å². The predicted molar refractivity (Wildman–Crippen MR) is 159 cm³/mol. The highest BCUT2D eigenvalue weighted by Crippen LogP contribution is 2.21. The second kappa shape index (κ2) is 13.3. The Morgan fingerprint density at radius 1 is 0.953 bits per heavy atom. The van der Waals surface area contributed by atoms with Gasteiger partial charge in [0.05, 0.1) is 12.4 Å². The molecule has 1 aliphatic heterocycles. The number of nitrogens with zero attached hydrogens (tertiary/aromatic N) is 2. The van der Waals surface area contributed by atoms with Gasteiger partial charge in [-0.3, -0.25) is 14.4 Å². The summed E-state index contributed by atoms with van der Waals surface area (Å²) >= 11 is 0. The van der Waals surface area contributed by atoms with Gasteiger partial charge in [-0.2, -0.15) is 0 Å². The first kappa shape index (κ1) is 29.5. The van der Waals surface area contributed by atoms with Crippen LogP contribution in [0.4, 0.5) is 0 Å². The van der Waals surface area contributed by atoms with E-state index in [1.165, 1.54) is 11.2 Å². The second-order valence-electron chi connectivity index (χ2n) is 10.8. The third-order valence-electron chi connectivity index (χ3n) is 7.78. The summed E-state index contributed by atoms with van der Waals surface area (Å²) in [5.41, 5.74) is 9.40. The van der Waals surface area contributed by atoms with Crippen LogP contribution in [0, 0.1) is 0 Å². The quantitative estimate of drug-likeness (QED) is 0.145. The molecule has 12 heteroatoms. The number of hydrogen-bond acceptors (Lipinski definition) is 6. The minimum Gasteiger partial charge on any atom is -0.480 e. The van der Waals surface area contributed by atoms with Crippen LogP contribution in [-0.4, -0.2) is 79.4 Å². The van der Waals surface area contributed by atoms with E-state index >= 15 is 0 Å². The van der Waals surface area contributed by atoms with E-state index in [4.69, 9.17) is 5.73 Å². The van der Waals surface area contributed by atoms with E-state index in [9.17, 15) is 24.3 Å². The molecule has 1 saturated heterocycles. The second-order valence-corrected chi connectivity index (χ2v) is 10.8. The van der Waals surface area contributed by atoms with Crippen molar-refractivity contribution in [2.75, 3.05) is 6.54 Å². The van der Waals surface area contributed by atoms with E-state index in [1.807, 2.05) is 54.6 Å². The molecule has 3 heterocycles. The number of nitrogens with two attached hydrogens (primary N) is 1. The number of likely N-dealkylation sites (tertiary alicyclic amines) is 1. The molecule has 0 saturated carbocycles. The Kier molecular flexibility index (Phi) is 9.16. The van der Waals surface area contributed by atoms with Crippen molar-refractivity contribution in [3.63, 3.8) is 0 Å². The normalized spacial score (nSPS) is 16.9. The molecule has 0 aliphatic carbocycles. The summed E-state index contributed by atoms with van der Waals surface area (Å²) in [6.45, 7) is 0.273. The van der Waals surface area contributed by atoms with Crippen LogP contribution in [0.5, 0.6) is 0 Å². The number of aromatic nitrogens is 3. The van der Waals surface area contributed by atoms with Gasteiger partial charge >= 0.3 is 5.97 Å². The summed E-state index contributed by atoms with van der Waals surface area (Å²) in [5.74, 6) is -2.69. The van der Waals surface area contributed by atoms with E-state index < -0.39 is 47.9 Å². The Balaban J connectivity index is 1.39. The van der Waals surface area contributed by atoms with Crippen LogP contribution in [0.3, 0.4) is 0 Å². The molecule has 0 spiro atoms. The van der Waals surface area contributed by atoms with Gasteiger partial charge in [0.15, 0.2) is 0 Å². The highest BCUT2D eigenvalue weighted by Gasteiger charge is 2.38. The molecule has 12 nitrogen and oxygen atoms in total. The summed E-state index contributed by atoms with van der Waals surface area (Å²) in [6.07, 6.45) is 6.15. The highest BCUT2D eigenvalue weighted by atomic mass is 16.4. The van der Waals surface area contributed by atoms with Crippen LogP contribution in [0.15, 0.2) is 73.3 Å². The maximum Gasteiger partial charge on any atom is 0.326 e. The number of carboxylic acid groups (broad SMARTS) is 1. The summed E-state index contributed by atoms with van der Waals surface area (Å²) in [5, 5.41) is 16.2. The first-order chi connectivity index (χ1) is 20.8. The number of hydrogen-bond donors (Lipinski definition) is 6. The van der Waals surface area contributed by atoms with Crippen LogP contribution in [0.1, 0.15) is 29.7 Å². The van der Waals surface area contributed by atoms with Gasteiger partial charge in [0.2, 0.25) is 17.7 Å². The fourth-order valence-corrected chi connectivity index (χ4v) is 5.55. The number of para-hydroxylation sites is 1. The zero-order chi connectivity index (χ0) is 30.3. The lowest BCUT2D eigenvalue weighted by molar-refractivity contribution is -0.149. The first-order valence-corrected chi connectivity index (χ1v) is 14.3. The number of imidazole rings is 1. The number of aliphatic carboxylic acids is 1. The lowest BCUT2D eigenvalue weighted by Crippen LogP contribution is -2.58. The number of rotatable bonds is 12. The Hall–Kier alpha value is -4.97. The van der Waals surface area contributed by atoms with Gasteiger partial charge in [-0.15, -0.1) is 0 Å². The van der Waals surface area contributed by atoms with Crippen molar-refractivity contribution >= 4 is 34.6 Å². The number of aromatic amines is 2. The highest BCUT2D eigenvalue weighted by molar-refractivity contribution is 5.95. The van der Waals surface area contributed by atoms with Gasteiger partial charge in [-0.25, -0.2) is 9.78 Å². The first-order valence-electron chi connectivity index (χ1n) is 14.3. The van der Waals surface area contributed by atoms with E-state index in [-0.39, 0.29) is 25.8 Å². The molecule has 7 N–H and O–H groups in total. The number of H-pyrrole nitrogens is 2. The summed E-state index contributed by atoms with van der Waals surface area (Å²) in [6, 6.07) is 12.9. The summed E-state index contributed by atoms with van der Waals surface area (Å²) in [7, 11) is 0. The Bertz CT molecular complexity index is 1570. The molecule has 43 heavy (non-hydrogen) atoms. The van der Waals surface area contributed by atoms with Crippen LogP contribution >= 0.6 is 0 Å². The van der Waals surface area contributed by atoms with Crippen molar-refractivity contribution in [1.29, 1.82) is 0 Å². The Morgan fingerprint density at radius 3 is 2.44 bits per heavy atom. The number of fused-ring (bicyclic) bond motifs is 1. The molecule has 0 radical (unpaired) electrons. The van der Waals surface area contributed by atoms with Crippen molar-refractivity contribution < 1.29 is 24.3 Å². The van der Waals surface area contributed by atoms with Crippen LogP contribution in [-0.2, 0) is 38.4 Å². The molecule has 5 rings (SSSR count). The van der Waals surface area contributed by atoms with E-state index in [2.05, 4.69) is 25.6 Å². The van der Waals surface area contributed by atoms with Gasteiger partial charge in [0.1, 0.15) is 18.1 Å². The smallest absolute Gasteiger partial charge is 0.326 e. The predicted octanol–water partition coefficient (Wildman–Crippen LogP) is 1.29. The number of carboxylic acids is 1. The third kappa shape index (κ3) is 7.09. The topological polar surface area (TPSA) is 186 Å². The van der Waals surface area contributed by atoms with E-state index in [1.54, 1.807) is 12.4 Å². The minimum absolute atomic E-state index is 0.0642. The largest absolute Gasteiger partial charge is 0.480 e. The average molecular weight is 586 g/mol. The molecule has 4 aromatic rings. The molecule has 0 bridgehead atoms. The van der Waals surface area contributed by atoms with E-state index in [0.717, 1.165) is 22.0 Å². The molecule has 2 aromatic carbocycles. The van der Waals surface area contributed by atoms with Crippen LogP contribution in [0.25, 0.3) is 10.9 Å². The standard InChI is InChI=1S/C31H35N7O5/c32-23(13-19-7-2-1-3-8-19)28(39)36-25(14-20-16-34-24-10-5-4-9-22(20)24)29(40)37-26(15-21-17-33-18-35-21)30(41)38-12-6-11-27(38)31(42)43/h1-5,7-10,16-18,23,25-27,34H,6,11-15,32H2,(H,33,35)(H,36,39)(H,37,40)(H,42,43). The molecule has 1 fully saturated rings. The molecule has 2 aromatic heterocycles. The minimum atomic E-state index is -1.09. The van der Waals surface area contributed by atoms with E-state index in [0.29, 0.717) is 18.5 Å². The van der Waals surface area contributed by atoms with Crippen molar-refractivity contribution in [2.24, 2.45) is 5.73 Å². The molecule has 1 aliphatic rings. The fraction of sp³-hybridized carbons (Fsp3) is 0.323. The molecule has 224 valence electrons. The lowest BCUT2D eigenvalue weighted by Gasteiger charge is -2.29. The van der Waals surface area contributed by atoms with Crippen LogP contribution < -0.4 is 16.4 Å². The lowest BCUT2D eigenvalue weighted by atomic mass is 10.0. The number of amides is 3. The van der Waals surface area contributed by atoms with Gasteiger partial charge < -0.3 is 36.3 Å². The Morgan fingerprint density at radius 2 is 1.70 bits per heavy atom. The van der Waals surface area contributed by atoms with Gasteiger partial charge in [-0.1, -0.05) is 48.5 Å². The van der Waals surface area contributed by atoms with Gasteiger partial charge in [0.25, 0.3) is 0 Å². The zero-order valence-corrected chi connectivity index (χ0v) is 23.5. The SMILES string of the molecule is NC(Cc1ccccc1)C(=O)NC(Cc1c[nH]c2ccccc12)C(=O)NC(Cc1cnc[nH]1)C(=O)N1CCCC1C(=O)O. The zero-order valence-electron chi connectivity index (χ0n) is 23.5. The number of carbonyl (C=O) groups is 4. The Labute approximate surface area is 248 Å². The molecular weight excluding hydrogens is 550 g/mol. The fourth-order valence-electron chi connectivity index (χ4n) is 5.55. The number of benzene rings is 2. The molecular formula is C31H35N7O5. The van der Waals surface area contributed by atoms with Crippen molar-refractivity contribution in [3.05, 3.63) is 90.1 Å². The maximum atomic E-state index is 13.9.